The number of halogens is 2. The first-order valence-electron chi connectivity index (χ1n) is 10.2. The van der Waals surface area contributed by atoms with E-state index in [9.17, 15) is 18.4 Å². The Hall–Kier alpha value is -3.75. The minimum Gasteiger partial charge on any atom is -0.484 e. The highest BCUT2D eigenvalue weighted by Gasteiger charge is 2.29. The summed E-state index contributed by atoms with van der Waals surface area (Å²) >= 11 is 0. The average Bonchev–Trinajstić information content (AvgIpc) is 3.26. The molecular formula is C23H21F2N3O4. The summed E-state index contributed by atoms with van der Waals surface area (Å²) < 4.78 is 38.5. The predicted octanol–water partition coefficient (Wildman–Crippen LogP) is 3.88. The lowest BCUT2D eigenvalue weighted by Gasteiger charge is -2.31. The molecule has 7 nitrogen and oxygen atoms in total. The van der Waals surface area contributed by atoms with Crippen LogP contribution < -0.4 is 10.1 Å². The number of nitrogens with one attached hydrogen (secondary N) is 1. The molecule has 1 aliphatic heterocycles. The summed E-state index contributed by atoms with van der Waals surface area (Å²) in [5, 5.41) is 2.53. The number of amides is 2. The lowest BCUT2D eigenvalue weighted by Crippen LogP contribution is -2.45. The van der Waals surface area contributed by atoms with Crippen molar-refractivity contribution >= 4 is 17.8 Å². The van der Waals surface area contributed by atoms with E-state index in [1.165, 1.54) is 6.07 Å². The first kappa shape index (κ1) is 21.5. The highest BCUT2D eigenvalue weighted by atomic mass is 19.1. The first-order chi connectivity index (χ1) is 15.5. The van der Waals surface area contributed by atoms with Crippen LogP contribution in [0.15, 0.2) is 59.2 Å². The van der Waals surface area contributed by atoms with E-state index in [2.05, 4.69) is 10.3 Å². The van der Waals surface area contributed by atoms with Crippen molar-refractivity contribution in [1.29, 1.82) is 0 Å². The van der Waals surface area contributed by atoms with Crippen molar-refractivity contribution in [2.75, 3.05) is 25.0 Å². The van der Waals surface area contributed by atoms with E-state index in [0.717, 1.165) is 18.4 Å². The fourth-order valence-electron chi connectivity index (χ4n) is 3.57. The van der Waals surface area contributed by atoms with Gasteiger partial charge in [-0.05, 0) is 37.1 Å². The molecule has 1 saturated heterocycles. The van der Waals surface area contributed by atoms with Gasteiger partial charge >= 0.3 is 6.01 Å². The monoisotopic (exact) mass is 441 g/mol. The molecule has 0 radical (unpaired) electrons. The second kappa shape index (κ2) is 9.59. The van der Waals surface area contributed by atoms with E-state index in [0.29, 0.717) is 25.1 Å². The summed E-state index contributed by atoms with van der Waals surface area (Å²) in [6.45, 7) is 0.657. The molecule has 1 atom stereocenters. The number of ether oxygens (including phenoxy) is 1. The molecule has 4 rings (SSSR count). The number of hydrogen-bond acceptors (Lipinski definition) is 5. The van der Waals surface area contributed by atoms with Crippen molar-refractivity contribution in [2.45, 2.75) is 12.8 Å². The fraction of sp³-hybridized carbons (Fsp3) is 0.261. The molecule has 0 aliphatic carbocycles. The van der Waals surface area contributed by atoms with Gasteiger partial charge in [0.15, 0.2) is 6.61 Å². The number of rotatable bonds is 6. The molecule has 9 heteroatoms. The van der Waals surface area contributed by atoms with Gasteiger partial charge in [0.25, 0.3) is 5.91 Å². The van der Waals surface area contributed by atoms with Gasteiger partial charge < -0.3 is 14.1 Å². The van der Waals surface area contributed by atoms with Gasteiger partial charge in [0.2, 0.25) is 5.91 Å². The van der Waals surface area contributed by atoms with Gasteiger partial charge in [-0.1, -0.05) is 24.3 Å². The third-order valence-electron chi connectivity index (χ3n) is 5.20. The molecule has 1 N–H and O–H groups in total. The van der Waals surface area contributed by atoms with Gasteiger partial charge in [-0.15, -0.1) is 0 Å². The van der Waals surface area contributed by atoms with Crippen LogP contribution in [0.3, 0.4) is 0 Å². The van der Waals surface area contributed by atoms with Crippen LogP contribution in [0.4, 0.5) is 14.8 Å². The number of carbonyl (C=O) groups excluding carboxylic acids is 2. The number of piperidine rings is 1. The minimum atomic E-state index is -0.782. The lowest BCUT2D eigenvalue weighted by molar-refractivity contribution is -0.136. The SMILES string of the molecule is O=C(Nc1nc(-c2c(F)cccc2F)co1)C1CCCN(C(=O)COc2ccccc2)C1. The van der Waals surface area contributed by atoms with Crippen molar-refractivity contribution in [2.24, 2.45) is 5.92 Å². The normalized spacial score (nSPS) is 15.9. The molecule has 1 fully saturated rings. The zero-order valence-corrected chi connectivity index (χ0v) is 17.1. The summed E-state index contributed by atoms with van der Waals surface area (Å²) in [6, 6.07) is 12.3. The van der Waals surface area contributed by atoms with Crippen LogP contribution in [0.25, 0.3) is 11.3 Å². The Morgan fingerprint density at radius 3 is 2.62 bits per heavy atom. The van der Waals surface area contributed by atoms with Gasteiger partial charge in [-0.2, -0.15) is 4.98 Å². The molecule has 32 heavy (non-hydrogen) atoms. The Balaban J connectivity index is 1.34. The zero-order chi connectivity index (χ0) is 22.5. The van der Waals surface area contributed by atoms with Gasteiger partial charge in [0.1, 0.15) is 29.3 Å². The van der Waals surface area contributed by atoms with Crippen LogP contribution in [0.2, 0.25) is 0 Å². The number of anilines is 1. The number of likely N-dealkylation sites (tertiary alicyclic amines) is 1. The van der Waals surface area contributed by atoms with Crippen LogP contribution in [0, 0.1) is 17.6 Å². The lowest BCUT2D eigenvalue weighted by atomic mass is 9.97. The second-order valence-electron chi connectivity index (χ2n) is 7.40. The van der Waals surface area contributed by atoms with Crippen LogP contribution in [-0.2, 0) is 9.59 Å². The Morgan fingerprint density at radius 1 is 1.12 bits per heavy atom. The molecule has 2 heterocycles. The van der Waals surface area contributed by atoms with Crippen molar-refractivity contribution in [3.05, 3.63) is 66.4 Å². The summed E-state index contributed by atoms with van der Waals surface area (Å²) in [4.78, 5) is 30.7. The molecule has 2 amide bonds. The molecule has 0 spiro atoms. The maximum Gasteiger partial charge on any atom is 0.301 e. The van der Waals surface area contributed by atoms with Gasteiger partial charge in [-0.25, -0.2) is 8.78 Å². The van der Waals surface area contributed by atoms with Crippen molar-refractivity contribution in [1.82, 2.24) is 9.88 Å². The van der Waals surface area contributed by atoms with E-state index in [4.69, 9.17) is 9.15 Å². The summed E-state index contributed by atoms with van der Waals surface area (Å²) in [5.41, 5.74) is -0.390. The molecule has 2 aromatic carbocycles. The number of carbonyl (C=O) groups is 2. The Bertz CT molecular complexity index is 1080. The Labute approximate surface area is 183 Å². The molecule has 1 aliphatic rings. The maximum absolute atomic E-state index is 13.9. The molecule has 0 saturated carbocycles. The molecule has 3 aromatic rings. The smallest absolute Gasteiger partial charge is 0.301 e. The average molecular weight is 441 g/mol. The third kappa shape index (κ3) is 4.93. The molecule has 1 aromatic heterocycles. The highest BCUT2D eigenvalue weighted by Crippen LogP contribution is 2.27. The minimum absolute atomic E-state index is 0.0607. The largest absolute Gasteiger partial charge is 0.484 e. The number of hydrogen-bond donors (Lipinski definition) is 1. The van der Waals surface area contributed by atoms with Crippen LogP contribution in [-0.4, -0.2) is 41.4 Å². The zero-order valence-electron chi connectivity index (χ0n) is 17.1. The number of para-hydroxylation sites is 1. The van der Waals surface area contributed by atoms with Gasteiger partial charge in [-0.3, -0.25) is 14.9 Å². The Kier molecular flexibility index (Phi) is 6.44. The van der Waals surface area contributed by atoms with E-state index >= 15 is 0 Å². The van der Waals surface area contributed by atoms with E-state index in [-0.39, 0.29) is 42.2 Å². The van der Waals surface area contributed by atoms with Gasteiger partial charge in [0, 0.05) is 13.1 Å². The van der Waals surface area contributed by atoms with E-state index in [1.54, 1.807) is 17.0 Å². The van der Waals surface area contributed by atoms with Crippen LogP contribution in [0.1, 0.15) is 12.8 Å². The molecule has 1 unspecified atom stereocenters. The van der Waals surface area contributed by atoms with E-state index < -0.39 is 17.6 Å². The van der Waals surface area contributed by atoms with Crippen LogP contribution in [0.5, 0.6) is 5.75 Å². The van der Waals surface area contributed by atoms with Crippen molar-refractivity contribution in [3.8, 4) is 17.0 Å². The Morgan fingerprint density at radius 2 is 1.88 bits per heavy atom. The van der Waals surface area contributed by atoms with Gasteiger partial charge in [0.05, 0.1) is 11.5 Å². The molecule has 0 bridgehead atoms. The summed E-state index contributed by atoms with van der Waals surface area (Å²) in [7, 11) is 0. The summed E-state index contributed by atoms with van der Waals surface area (Å²) in [5.74, 6) is -2.03. The standard InChI is InChI=1S/C23H21F2N3O4/c24-17-9-4-10-18(25)21(17)19-13-32-23(26-19)27-22(30)15-6-5-11-28(12-15)20(29)14-31-16-7-2-1-3-8-16/h1-4,7-10,13,15H,5-6,11-12,14H2,(H,26,27,30). The second-order valence-corrected chi connectivity index (χ2v) is 7.40. The first-order valence-corrected chi connectivity index (χ1v) is 10.2. The van der Waals surface area contributed by atoms with Crippen LogP contribution >= 0.6 is 0 Å². The number of aromatic nitrogens is 1. The maximum atomic E-state index is 13.9. The quantitative estimate of drug-likeness (QED) is 0.628. The molecule has 166 valence electrons. The van der Waals surface area contributed by atoms with E-state index in [1.807, 2.05) is 18.2 Å². The van der Waals surface area contributed by atoms with Crippen molar-refractivity contribution in [3.63, 3.8) is 0 Å². The summed E-state index contributed by atoms with van der Waals surface area (Å²) in [6.07, 6.45) is 2.33. The topological polar surface area (TPSA) is 84.7 Å². The third-order valence-corrected chi connectivity index (χ3v) is 5.20. The molecular weight excluding hydrogens is 420 g/mol. The fourth-order valence-corrected chi connectivity index (χ4v) is 3.57. The number of benzene rings is 2. The number of nitrogens with zero attached hydrogens (tertiary/aromatic N) is 2. The number of oxazole rings is 1. The predicted molar refractivity (Wildman–Crippen MR) is 112 cm³/mol. The highest BCUT2D eigenvalue weighted by molar-refractivity contribution is 5.91. The van der Waals surface area contributed by atoms with Crippen molar-refractivity contribution < 1.29 is 27.5 Å².